The average Bonchev–Trinajstić information content (AvgIpc) is 2.38. The minimum atomic E-state index is -0.0782. The number of ether oxygens (including phenoxy) is 1. The molecule has 0 saturated heterocycles. The zero-order valence-corrected chi connectivity index (χ0v) is 13.4. The summed E-state index contributed by atoms with van der Waals surface area (Å²) in [6.45, 7) is 12.5. The van der Waals surface area contributed by atoms with Crippen molar-refractivity contribution in [1.82, 2.24) is 0 Å². The van der Waals surface area contributed by atoms with Gasteiger partial charge in [0.05, 0.1) is 6.10 Å². The Labute approximate surface area is 122 Å². The van der Waals surface area contributed by atoms with Gasteiger partial charge in [-0.3, -0.25) is 4.79 Å². The van der Waals surface area contributed by atoms with Crippen LogP contribution in [0.5, 0.6) is 0 Å². The summed E-state index contributed by atoms with van der Waals surface area (Å²) in [6, 6.07) is 0. The summed E-state index contributed by atoms with van der Waals surface area (Å²) in [5, 5.41) is 0. The Balaban J connectivity index is 2.65. The fourth-order valence-electron chi connectivity index (χ4n) is 3.94. The molecule has 0 aromatic heterocycles. The highest BCUT2D eigenvalue weighted by Gasteiger charge is 2.44. The highest BCUT2D eigenvalue weighted by atomic mass is 16.5. The summed E-state index contributed by atoms with van der Waals surface area (Å²) >= 11 is 0. The van der Waals surface area contributed by atoms with Crippen molar-refractivity contribution in [3.05, 3.63) is 34.9 Å². The fourth-order valence-corrected chi connectivity index (χ4v) is 3.94. The lowest BCUT2D eigenvalue weighted by atomic mass is 9.60. The fraction of sp³-hybridized carbons (Fsp3) is 0.611. The number of fused-ring (bicyclic) bond motifs is 2. The molecule has 2 nitrogen and oxygen atoms in total. The third-order valence-corrected chi connectivity index (χ3v) is 5.34. The van der Waals surface area contributed by atoms with Crippen molar-refractivity contribution in [2.75, 3.05) is 7.11 Å². The summed E-state index contributed by atoms with van der Waals surface area (Å²) < 4.78 is 5.66. The number of ketones is 1. The normalized spacial score (nSPS) is 33.8. The second-order valence-electron chi connectivity index (χ2n) is 6.67. The van der Waals surface area contributed by atoms with Gasteiger partial charge in [-0.15, -0.1) is 0 Å². The molecule has 2 rings (SSSR count). The van der Waals surface area contributed by atoms with Crippen LogP contribution in [0.15, 0.2) is 34.9 Å². The van der Waals surface area contributed by atoms with Gasteiger partial charge in [0.25, 0.3) is 0 Å². The van der Waals surface area contributed by atoms with E-state index in [2.05, 4.69) is 27.4 Å². The number of methoxy groups -OCH3 is 1. The maximum Gasteiger partial charge on any atom is 0.166 e. The lowest BCUT2D eigenvalue weighted by molar-refractivity contribution is -0.122. The lowest BCUT2D eigenvalue weighted by Crippen LogP contribution is -2.40. The molecule has 2 atom stereocenters. The van der Waals surface area contributed by atoms with Crippen LogP contribution in [0.3, 0.4) is 0 Å². The van der Waals surface area contributed by atoms with E-state index in [4.69, 9.17) is 4.74 Å². The quantitative estimate of drug-likeness (QED) is 0.704. The van der Waals surface area contributed by atoms with Gasteiger partial charge in [-0.1, -0.05) is 37.6 Å². The molecule has 0 saturated carbocycles. The first-order chi connectivity index (χ1) is 9.34. The second kappa shape index (κ2) is 5.33. The number of rotatable bonds is 2. The minimum Gasteiger partial charge on any atom is -0.377 e. The van der Waals surface area contributed by atoms with E-state index in [1.54, 1.807) is 13.2 Å². The van der Waals surface area contributed by atoms with Crippen molar-refractivity contribution in [1.29, 1.82) is 0 Å². The highest BCUT2D eigenvalue weighted by molar-refractivity contribution is 6.01. The highest BCUT2D eigenvalue weighted by Crippen LogP contribution is 2.49. The number of hydrogen-bond donors (Lipinski definition) is 0. The second-order valence-corrected chi connectivity index (χ2v) is 6.67. The Morgan fingerprint density at radius 2 is 2.00 bits per heavy atom. The van der Waals surface area contributed by atoms with Crippen LogP contribution in [0, 0.1) is 11.3 Å². The molecule has 0 spiro atoms. The van der Waals surface area contributed by atoms with Crippen LogP contribution in [0.2, 0.25) is 0 Å². The van der Waals surface area contributed by atoms with Crippen molar-refractivity contribution >= 4 is 5.78 Å². The average molecular weight is 274 g/mol. The Bertz CT molecular complexity index is 506. The minimum absolute atomic E-state index is 0.0183. The molecule has 0 N–H and O–H groups in total. The number of carbonyl (C=O) groups excluding carboxylic acids is 1. The molecule has 0 aromatic rings. The summed E-state index contributed by atoms with van der Waals surface area (Å²) in [6.07, 6.45) is 4.56. The molecular formula is C18H26O2. The number of hydrogen-bond acceptors (Lipinski definition) is 2. The smallest absolute Gasteiger partial charge is 0.166 e. The molecule has 0 radical (unpaired) electrons. The molecule has 0 fully saturated rings. The molecule has 20 heavy (non-hydrogen) atoms. The van der Waals surface area contributed by atoms with Gasteiger partial charge in [-0.25, -0.2) is 0 Å². The zero-order valence-electron chi connectivity index (χ0n) is 13.4. The van der Waals surface area contributed by atoms with Crippen molar-refractivity contribution in [2.24, 2.45) is 11.3 Å². The topological polar surface area (TPSA) is 26.3 Å². The third-order valence-electron chi connectivity index (χ3n) is 5.34. The summed E-state index contributed by atoms with van der Waals surface area (Å²) in [5.74, 6) is 0.316. The number of carbonyl (C=O) groups is 1. The molecule has 2 bridgehead atoms. The van der Waals surface area contributed by atoms with Gasteiger partial charge in [0.1, 0.15) is 0 Å². The first-order valence-corrected chi connectivity index (χ1v) is 7.43. The molecular weight excluding hydrogens is 248 g/mol. The zero-order chi connectivity index (χ0) is 15.1. The van der Waals surface area contributed by atoms with Crippen LogP contribution >= 0.6 is 0 Å². The van der Waals surface area contributed by atoms with Gasteiger partial charge in [0.15, 0.2) is 5.78 Å². The van der Waals surface area contributed by atoms with Gasteiger partial charge >= 0.3 is 0 Å². The largest absolute Gasteiger partial charge is 0.377 e. The number of allylic oxidation sites excluding steroid dienone is 3. The molecule has 2 aliphatic carbocycles. The molecule has 0 heterocycles. The summed E-state index contributed by atoms with van der Waals surface area (Å²) in [4.78, 5) is 12.9. The first-order valence-electron chi connectivity index (χ1n) is 7.43. The molecule has 0 aromatic carbocycles. The molecule has 110 valence electrons. The first kappa shape index (κ1) is 15.2. The van der Waals surface area contributed by atoms with E-state index in [1.807, 2.05) is 6.92 Å². The summed E-state index contributed by atoms with van der Waals surface area (Å²) in [7, 11) is 1.73. The SMILES string of the molecule is C=C/C1=C(\C)[C@@H](OC)CC2=C(C)CC[C@@H](C1=O)C2(C)C. The van der Waals surface area contributed by atoms with E-state index in [9.17, 15) is 4.79 Å². The van der Waals surface area contributed by atoms with E-state index in [0.29, 0.717) is 0 Å². The van der Waals surface area contributed by atoms with Crippen LogP contribution < -0.4 is 0 Å². The molecule has 0 amide bonds. The molecule has 2 heteroatoms. The van der Waals surface area contributed by atoms with E-state index in [-0.39, 0.29) is 23.2 Å². The van der Waals surface area contributed by atoms with Gasteiger partial charge in [0, 0.05) is 18.6 Å². The number of Topliss-reactive ketones (excluding diaryl/α,β-unsaturated/α-hetero) is 1. The van der Waals surface area contributed by atoms with Crippen LogP contribution in [-0.4, -0.2) is 19.0 Å². The maximum atomic E-state index is 12.9. The van der Waals surface area contributed by atoms with Crippen LogP contribution in [0.4, 0.5) is 0 Å². The van der Waals surface area contributed by atoms with Crippen molar-refractivity contribution in [3.63, 3.8) is 0 Å². The maximum absolute atomic E-state index is 12.9. The molecule has 0 aliphatic heterocycles. The van der Waals surface area contributed by atoms with E-state index >= 15 is 0 Å². The van der Waals surface area contributed by atoms with E-state index in [1.165, 1.54) is 11.1 Å². The van der Waals surface area contributed by atoms with Crippen LogP contribution in [0.1, 0.15) is 47.0 Å². The molecule has 2 aliphatic rings. The monoisotopic (exact) mass is 274 g/mol. The van der Waals surface area contributed by atoms with Gasteiger partial charge in [-0.05, 0) is 44.1 Å². The van der Waals surface area contributed by atoms with Crippen molar-refractivity contribution in [3.8, 4) is 0 Å². The van der Waals surface area contributed by atoms with Gasteiger partial charge < -0.3 is 4.74 Å². The Hall–Kier alpha value is -1.15. The van der Waals surface area contributed by atoms with Crippen molar-refractivity contribution < 1.29 is 9.53 Å². The predicted octanol–water partition coefficient (Wildman–Crippen LogP) is 4.23. The standard InChI is InChI=1S/C18H26O2/c1-7-13-12(3)16(20-6)10-15-11(2)8-9-14(17(13)19)18(15,4)5/h7,14,16H,1,8-10H2,2-6H3/b13-12-/t14-,16-/m0/s1. The molecule has 0 unspecified atom stereocenters. The Morgan fingerprint density at radius 1 is 1.35 bits per heavy atom. The predicted molar refractivity (Wildman–Crippen MR) is 82.5 cm³/mol. The van der Waals surface area contributed by atoms with E-state index < -0.39 is 0 Å². The van der Waals surface area contributed by atoms with E-state index in [0.717, 1.165) is 30.4 Å². The third kappa shape index (κ3) is 2.20. The van der Waals surface area contributed by atoms with Crippen molar-refractivity contribution in [2.45, 2.75) is 53.1 Å². The van der Waals surface area contributed by atoms with Gasteiger partial charge in [-0.2, -0.15) is 0 Å². The van der Waals surface area contributed by atoms with Crippen LogP contribution in [-0.2, 0) is 9.53 Å². The van der Waals surface area contributed by atoms with Gasteiger partial charge in [0.2, 0.25) is 0 Å². The van der Waals surface area contributed by atoms with Crippen LogP contribution in [0.25, 0.3) is 0 Å². The lowest BCUT2D eigenvalue weighted by Gasteiger charge is -2.44. The Kier molecular flexibility index (Phi) is 4.06. The summed E-state index contributed by atoms with van der Waals surface area (Å²) in [5.41, 5.74) is 4.58. The Morgan fingerprint density at radius 3 is 2.55 bits per heavy atom.